The van der Waals surface area contributed by atoms with Crippen LogP contribution in [0.5, 0.6) is 5.75 Å². The molecular weight excluding hydrogens is 374 g/mol. The molecule has 1 aromatic rings. The fourth-order valence-corrected chi connectivity index (χ4v) is 4.30. The molecule has 0 aromatic heterocycles. The molecule has 1 N–H and O–H groups in total. The van der Waals surface area contributed by atoms with Crippen molar-refractivity contribution in [3.05, 3.63) is 22.7 Å². The molecule has 1 saturated heterocycles. The van der Waals surface area contributed by atoms with E-state index in [-0.39, 0.29) is 18.2 Å². The highest BCUT2D eigenvalue weighted by Gasteiger charge is 2.33. The number of nitrogens with zero attached hydrogens (tertiary/aromatic N) is 2. The van der Waals surface area contributed by atoms with Gasteiger partial charge in [-0.2, -0.15) is 4.99 Å². The number of aliphatic imine (C=N–C) groups is 1. The summed E-state index contributed by atoms with van der Waals surface area (Å²) < 4.78 is 5.27. The van der Waals surface area contributed by atoms with Crippen LogP contribution in [0.15, 0.2) is 17.1 Å². The van der Waals surface area contributed by atoms with Crippen molar-refractivity contribution in [3.63, 3.8) is 0 Å². The third-order valence-electron chi connectivity index (χ3n) is 4.48. The van der Waals surface area contributed by atoms with Crippen LogP contribution in [0, 0.1) is 6.92 Å². The van der Waals surface area contributed by atoms with Gasteiger partial charge in [0.15, 0.2) is 5.17 Å². The van der Waals surface area contributed by atoms with Crippen molar-refractivity contribution in [1.29, 1.82) is 0 Å². The van der Waals surface area contributed by atoms with Gasteiger partial charge in [0.2, 0.25) is 5.91 Å². The van der Waals surface area contributed by atoms with Gasteiger partial charge < -0.3 is 15.0 Å². The minimum atomic E-state index is -0.466. The Morgan fingerprint density at radius 3 is 2.81 bits per heavy atom. The second-order valence-electron chi connectivity index (χ2n) is 6.44. The van der Waals surface area contributed by atoms with Crippen molar-refractivity contribution in [2.75, 3.05) is 25.5 Å². The van der Waals surface area contributed by atoms with E-state index in [0.717, 1.165) is 36.7 Å². The molecule has 0 spiro atoms. The SMILES string of the molecule is COc1cc(Cl)c(C)cc1NC(=O)CC1SC(N2CCCCC2)=NC1=O. The van der Waals surface area contributed by atoms with E-state index in [9.17, 15) is 9.59 Å². The average Bonchev–Trinajstić information content (AvgIpc) is 2.99. The number of amides is 2. The smallest absolute Gasteiger partial charge is 0.262 e. The molecule has 1 fully saturated rings. The summed E-state index contributed by atoms with van der Waals surface area (Å²) in [6.45, 7) is 3.71. The number of benzene rings is 1. The minimum absolute atomic E-state index is 0.0785. The van der Waals surface area contributed by atoms with E-state index in [1.807, 2.05) is 6.92 Å². The quantitative estimate of drug-likeness (QED) is 0.845. The Hall–Kier alpha value is -1.73. The number of nitrogens with one attached hydrogen (secondary N) is 1. The van der Waals surface area contributed by atoms with Gasteiger partial charge in [-0.15, -0.1) is 0 Å². The number of likely N-dealkylation sites (tertiary alicyclic amines) is 1. The lowest BCUT2D eigenvalue weighted by Crippen LogP contribution is -2.33. The number of anilines is 1. The Kier molecular flexibility index (Phi) is 6.09. The number of thioether (sulfide) groups is 1. The lowest BCUT2D eigenvalue weighted by Gasteiger charge is -2.27. The third kappa shape index (κ3) is 4.32. The maximum Gasteiger partial charge on any atom is 0.262 e. The van der Waals surface area contributed by atoms with Crippen molar-refractivity contribution < 1.29 is 14.3 Å². The normalized spacial score (nSPS) is 20.1. The number of hydrogen-bond acceptors (Lipinski definition) is 5. The first kappa shape index (κ1) is 19.0. The molecule has 0 bridgehead atoms. The number of ether oxygens (including phenoxy) is 1. The summed E-state index contributed by atoms with van der Waals surface area (Å²) in [5.41, 5.74) is 1.39. The van der Waals surface area contributed by atoms with Crippen LogP contribution in [0.25, 0.3) is 0 Å². The van der Waals surface area contributed by atoms with E-state index >= 15 is 0 Å². The van der Waals surface area contributed by atoms with Crippen molar-refractivity contribution in [2.24, 2.45) is 4.99 Å². The molecule has 2 heterocycles. The summed E-state index contributed by atoms with van der Waals surface area (Å²) in [6.07, 6.45) is 3.54. The topological polar surface area (TPSA) is 71.0 Å². The van der Waals surface area contributed by atoms with Gasteiger partial charge in [0.05, 0.1) is 12.8 Å². The summed E-state index contributed by atoms with van der Waals surface area (Å²) in [5.74, 6) is 0.0144. The molecule has 6 nitrogen and oxygen atoms in total. The van der Waals surface area contributed by atoms with Gasteiger partial charge in [0.25, 0.3) is 5.91 Å². The van der Waals surface area contributed by atoms with E-state index in [2.05, 4.69) is 15.2 Å². The van der Waals surface area contributed by atoms with Gasteiger partial charge in [-0.1, -0.05) is 23.4 Å². The summed E-state index contributed by atoms with van der Waals surface area (Å²) in [6, 6.07) is 3.43. The zero-order valence-corrected chi connectivity index (χ0v) is 16.5. The Bertz CT molecular complexity index is 747. The molecule has 1 atom stereocenters. The van der Waals surface area contributed by atoms with Gasteiger partial charge >= 0.3 is 0 Å². The number of amidine groups is 1. The average molecular weight is 396 g/mol. The molecule has 1 aromatic carbocycles. The molecule has 2 aliphatic rings. The van der Waals surface area contributed by atoms with E-state index in [1.54, 1.807) is 12.1 Å². The van der Waals surface area contributed by atoms with Crippen LogP contribution in [0.3, 0.4) is 0 Å². The van der Waals surface area contributed by atoms with Crippen LogP contribution < -0.4 is 10.1 Å². The molecule has 0 radical (unpaired) electrons. The van der Waals surface area contributed by atoms with E-state index < -0.39 is 5.25 Å². The fraction of sp³-hybridized carbons (Fsp3) is 0.500. The first-order chi connectivity index (χ1) is 12.5. The zero-order chi connectivity index (χ0) is 18.7. The lowest BCUT2D eigenvalue weighted by molar-refractivity contribution is -0.121. The number of hydrogen-bond donors (Lipinski definition) is 1. The number of carbonyl (C=O) groups excluding carboxylic acids is 2. The fourth-order valence-electron chi connectivity index (χ4n) is 3.03. The molecule has 0 saturated carbocycles. The number of methoxy groups -OCH3 is 1. The Balaban J connectivity index is 1.61. The maximum atomic E-state index is 12.4. The predicted molar refractivity (Wildman–Crippen MR) is 105 cm³/mol. The molecule has 2 aliphatic heterocycles. The Morgan fingerprint density at radius 1 is 1.38 bits per heavy atom. The Morgan fingerprint density at radius 2 is 2.12 bits per heavy atom. The second-order valence-corrected chi connectivity index (χ2v) is 8.02. The largest absolute Gasteiger partial charge is 0.495 e. The number of piperidine rings is 1. The highest BCUT2D eigenvalue weighted by atomic mass is 35.5. The van der Waals surface area contributed by atoms with Crippen LogP contribution in [0.1, 0.15) is 31.2 Å². The van der Waals surface area contributed by atoms with Gasteiger partial charge in [0, 0.05) is 30.6 Å². The standard InChI is InChI=1S/C18H22ClN3O3S/c1-11-8-13(14(25-2)9-12(11)19)20-16(23)10-15-17(24)21-18(26-15)22-6-4-3-5-7-22/h8-9,15H,3-7,10H2,1-2H3,(H,20,23). The highest BCUT2D eigenvalue weighted by molar-refractivity contribution is 8.15. The summed E-state index contributed by atoms with van der Waals surface area (Å²) in [5, 5.41) is 3.68. The second kappa shape index (κ2) is 8.31. The molecular formula is C18H22ClN3O3S. The zero-order valence-electron chi connectivity index (χ0n) is 14.9. The van der Waals surface area contributed by atoms with Crippen molar-refractivity contribution in [3.8, 4) is 5.75 Å². The van der Waals surface area contributed by atoms with Crippen molar-refractivity contribution in [1.82, 2.24) is 4.90 Å². The summed E-state index contributed by atoms with van der Waals surface area (Å²) in [4.78, 5) is 30.9. The van der Waals surface area contributed by atoms with Crippen LogP contribution in [0.4, 0.5) is 5.69 Å². The predicted octanol–water partition coefficient (Wildman–Crippen LogP) is 3.47. The van der Waals surface area contributed by atoms with E-state index in [0.29, 0.717) is 16.5 Å². The first-order valence-electron chi connectivity index (χ1n) is 8.66. The highest BCUT2D eigenvalue weighted by Crippen LogP contribution is 2.32. The molecule has 8 heteroatoms. The van der Waals surface area contributed by atoms with E-state index in [1.165, 1.54) is 25.3 Å². The van der Waals surface area contributed by atoms with E-state index in [4.69, 9.17) is 16.3 Å². The van der Waals surface area contributed by atoms with Gasteiger partial charge in [-0.25, -0.2) is 0 Å². The monoisotopic (exact) mass is 395 g/mol. The van der Waals surface area contributed by atoms with Crippen molar-refractivity contribution >= 4 is 46.0 Å². The lowest BCUT2D eigenvalue weighted by atomic mass is 10.1. The molecule has 0 aliphatic carbocycles. The molecule has 1 unspecified atom stereocenters. The third-order valence-corrected chi connectivity index (χ3v) is 6.10. The number of aryl methyl sites for hydroxylation is 1. The summed E-state index contributed by atoms with van der Waals surface area (Å²) >= 11 is 7.48. The molecule has 26 heavy (non-hydrogen) atoms. The Labute approximate surface area is 162 Å². The molecule has 2 amide bonds. The van der Waals surface area contributed by atoms with Crippen LogP contribution in [0.2, 0.25) is 5.02 Å². The van der Waals surface area contributed by atoms with Crippen LogP contribution in [-0.2, 0) is 9.59 Å². The van der Waals surface area contributed by atoms with Crippen molar-refractivity contribution in [2.45, 2.75) is 37.9 Å². The summed E-state index contributed by atoms with van der Waals surface area (Å²) in [7, 11) is 1.52. The van der Waals surface area contributed by atoms with Crippen LogP contribution >= 0.6 is 23.4 Å². The number of halogens is 1. The number of carbonyl (C=O) groups is 2. The first-order valence-corrected chi connectivity index (χ1v) is 9.92. The molecule has 140 valence electrons. The number of rotatable bonds is 4. The van der Waals surface area contributed by atoms with Gasteiger partial charge in [0.1, 0.15) is 11.0 Å². The minimum Gasteiger partial charge on any atom is -0.495 e. The maximum absolute atomic E-state index is 12.4. The van der Waals surface area contributed by atoms with Gasteiger partial charge in [-0.3, -0.25) is 9.59 Å². The molecule has 3 rings (SSSR count). The van der Waals surface area contributed by atoms with Crippen LogP contribution in [-0.4, -0.2) is 47.3 Å². The van der Waals surface area contributed by atoms with Gasteiger partial charge in [-0.05, 0) is 37.8 Å².